The van der Waals surface area contributed by atoms with Crippen LogP contribution in [0.5, 0.6) is 0 Å². The van der Waals surface area contributed by atoms with Crippen LogP contribution in [-0.4, -0.2) is 28.4 Å². The molecule has 3 heterocycles. The molecule has 2 aromatic heterocycles. The van der Waals surface area contributed by atoms with Crippen LogP contribution in [0.4, 0.5) is 4.39 Å². The summed E-state index contributed by atoms with van der Waals surface area (Å²) in [5.41, 5.74) is 0.224. The minimum atomic E-state index is -0.669. The summed E-state index contributed by atoms with van der Waals surface area (Å²) in [6.07, 6.45) is 3.10. The van der Waals surface area contributed by atoms with Crippen LogP contribution in [0.3, 0.4) is 0 Å². The second-order valence-electron chi connectivity index (χ2n) is 7.56. The topological polar surface area (TPSA) is 58.4 Å². The predicted octanol–water partition coefficient (Wildman–Crippen LogP) is 1.68. The van der Waals surface area contributed by atoms with E-state index in [1.165, 1.54) is 12.3 Å². The number of halogens is 1. The second kappa shape index (κ2) is 4.54. The summed E-state index contributed by atoms with van der Waals surface area (Å²) in [4.78, 5) is 17.1. The van der Waals surface area contributed by atoms with Crippen molar-refractivity contribution in [1.82, 2.24) is 20.0 Å². The van der Waals surface area contributed by atoms with E-state index in [2.05, 4.69) is 22.5 Å². The SMILES string of the molecule is CC(C)(NC(=O)[C@H]1[C@@H]2CNC[C@@]21C)c1ncc2ccc(F)cn12. The van der Waals surface area contributed by atoms with Crippen molar-refractivity contribution in [2.75, 3.05) is 13.1 Å². The van der Waals surface area contributed by atoms with Gasteiger partial charge < -0.3 is 10.6 Å². The third kappa shape index (κ3) is 2.08. The van der Waals surface area contributed by atoms with Gasteiger partial charge in [-0.3, -0.25) is 9.20 Å². The van der Waals surface area contributed by atoms with E-state index in [0.29, 0.717) is 11.7 Å². The van der Waals surface area contributed by atoms with Gasteiger partial charge in [0.2, 0.25) is 5.91 Å². The van der Waals surface area contributed by atoms with Crippen molar-refractivity contribution < 1.29 is 9.18 Å². The molecule has 0 unspecified atom stereocenters. The molecule has 4 rings (SSSR count). The Morgan fingerprint density at radius 3 is 3.00 bits per heavy atom. The number of piperidine rings is 1. The summed E-state index contributed by atoms with van der Waals surface area (Å²) in [6.45, 7) is 7.78. The van der Waals surface area contributed by atoms with Crippen molar-refractivity contribution >= 4 is 11.4 Å². The first-order valence-corrected chi connectivity index (χ1v) is 7.99. The van der Waals surface area contributed by atoms with Gasteiger partial charge in [-0.1, -0.05) is 6.92 Å². The lowest BCUT2D eigenvalue weighted by molar-refractivity contribution is -0.125. The highest BCUT2D eigenvalue weighted by molar-refractivity contribution is 5.84. The molecule has 1 aliphatic carbocycles. The fourth-order valence-corrected chi connectivity index (χ4v) is 4.10. The first-order valence-electron chi connectivity index (χ1n) is 7.99. The van der Waals surface area contributed by atoms with Gasteiger partial charge in [-0.15, -0.1) is 0 Å². The Kier molecular flexibility index (Phi) is 2.89. The zero-order chi connectivity index (χ0) is 16.4. The molecule has 1 amide bonds. The third-order valence-corrected chi connectivity index (χ3v) is 5.49. The summed E-state index contributed by atoms with van der Waals surface area (Å²) >= 11 is 0. The van der Waals surface area contributed by atoms with E-state index in [1.807, 2.05) is 13.8 Å². The van der Waals surface area contributed by atoms with Crippen molar-refractivity contribution in [2.24, 2.45) is 17.3 Å². The van der Waals surface area contributed by atoms with Crippen LogP contribution in [0.25, 0.3) is 5.52 Å². The molecule has 1 saturated carbocycles. The minimum absolute atomic E-state index is 0.0611. The highest BCUT2D eigenvalue weighted by Crippen LogP contribution is 2.60. The van der Waals surface area contributed by atoms with Crippen molar-refractivity contribution in [1.29, 1.82) is 0 Å². The van der Waals surface area contributed by atoms with Gasteiger partial charge in [0.25, 0.3) is 0 Å². The molecule has 23 heavy (non-hydrogen) atoms. The summed E-state index contributed by atoms with van der Waals surface area (Å²) < 4.78 is 15.2. The number of hydrogen-bond donors (Lipinski definition) is 2. The van der Waals surface area contributed by atoms with Crippen molar-refractivity contribution in [3.05, 3.63) is 36.2 Å². The standard InChI is InChI=1S/C17H21FN4O/c1-16(2,15-20-6-11-5-4-10(18)8-22(11)15)21-14(23)13-12-7-19-9-17(12,13)3/h4-6,8,12-13,19H,7,9H2,1-3H3,(H,21,23)/t12-,13+,17-/m0/s1. The molecule has 0 aromatic carbocycles. The van der Waals surface area contributed by atoms with E-state index in [0.717, 1.165) is 18.6 Å². The number of carbonyl (C=O) groups excluding carboxylic acids is 1. The summed E-state index contributed by atoms with van der Waals surface area (Å²) in [6, 6.07) is 3.09. The average molecular weight is 316 g/mol. The van der Waals surface area contributed by atoms with E-state index in [1.54, 1.807) is 16.7 Å². The van der Waals surface area contributed by atoms with Crippen molar-refractivity contribution in [3.8, 4) is 0 Å². The Morgan fingerprint density at radius 2 is 2.30 bits per heavy atom. The van der Waals surface area contributed by atoms with Crippen molar-refractivity contribution in [3.63, 3.8) is 0 Å². The molecule has 5 nitrogen and oxygen atoms in total. The molecule has 3 atom stereocenters. The number of amides is 1. The fourth-order valence-electron chi connectivity index (χ4n) is 4.10. The Morgan fingerprint density at radius 1 is 1.52 bits per heavy atom. The summed E-state index contributed by atoms with van der Waals surface area (Å²) in [5.74, 6) is 0.861. The van der Waals surface area contributed by atoms with Gasteiger partial charge in [0.15, 0.2) is 0 Å². The van der Waals surface area contributed by atoms with Crippen LogP contribution < -0.4 is 10.6 Å². The Balaban J connectivity index is 1.60. The molecule has 0 spiro atoms. The second-order valence-corrected chi connectivity index (χ2v) is 7.56. The first kappa shape index (κ1) is 14.6. The van der Waals surface area contributed by atoms with Gasteiger partial charge >= 0.3 is 0 Å². The van der Waals surface area contributed by atoms with E-state index in [-0.39, 0.29) is 23.1 Å². The number of hydrogen-bond acceptors (Lipinski definition) is 3. The molecule has 2 aliphatic rings. The van der Waals surface area contributed by atoms with Crippen LogP contribution in [-0.2, 0) is 10.3 Å². The maximum atomic E-state index is 13.5. The first-order chi connectivity index (χ1) is 10.8. The summed E-state index contributed by atoms with van der Waals surface area (Å²) in [5, 5.41) is 6.44. The van der Waals surface area contributed by atoms with Gasteiger partial charge in [-0.05, 0) is 43.9 Å². The monoisotopic (exact) mass is 316 g/mol. The quantitative estimate of drug-likeness (QED) is 0.906. The lowest BCUT2D eigenvalue weighted by Gasteiger charge is -2.26. The van der Waals surface area contributed by atoms with Crippen LogP contribution >= 0.6 is 0 Å². The van der Waals surface area contributed by atoms with E-state index < -0.39 is 5.54 Å². The molecule has 2 aromatic rings. The molecule has 0 bridgehead atoms. The fraction of sp³-hybridized carbons (Fsp3) is 0.529. The van der Waals surface area contributed by atoms with Gasteiger partial charge in [0.05, 0.1) is 17.3 Å². The number of aromatic nitrogens is 2. The van der Waals surface area contributed by atoms with Gasteiger partial charge in [0, 0.05) is 18.7 Å². The molecule has 2 N–H and O–H groups in total. The molecule has 122 valence electrons. The van der Waals surface area contributed by atoms with E-state index >= 15 is 0 Å². The number of nitrogens with zero attached hydrogens (tertiary/aromatic N) is 2. The number of fused-ring (bicyclic) bond motifs is 2. The highest BCUT2D eigenvalue weighted by Gasteiger charge is 2.67. The van der Waals surface area contributed by atoms with Crippen LogP contribution in [0.15, 0.2) is 24.5 Å². The largest absolute Gasteiger partial charge is 0.344 e. The number of rotatable bonds is 3. The van der Waals surface area contributed by atoms with E-state index in [4.69, 9.17) is 0 Å². The molecule has 1 aliphatic heterocycles. The lowest BCUT2D eigenvalue weighted by atomic mass is 10.0. The maximum absolute atomic E-state index is 13.5. The molecule has 6 heteroatoms. The van der Waals surface area contributed by atoms with Crippen LogP contribution in [0.1, 0.15) is 26.6 Å². The number of carbonyl (C=O) groups is 1. The smallest absolute Gasteiger partial charge is 0.224 e. The Bertz CT molecular complexity index is 799. The Hall–Kier alpha value is -1.95. The molecular formula is C17H21FN4O. The minimum Gasteiger partial charge on any atom is -0.344 e. The molecule has 2 fully saturated rings. The highest BCUT2D eigenvalue weighted by atomic mass is 19.1. The molecule has 1 saturated heterocycles. The van der Waals surface area contributed by atoms with Gasteiger partial charge in [-0.2, -0.15) is 0 Å². The normalized spacial score (nSPS) is 29.6. The lowest BCUT2D eigenvalue weighted by Crippen LogP contribution is -2.44. The maximum Gasteiger partial charge on any atom is 0.224 e. The zero-order valence-corrected chi connectivity index (χ0v) is 13.6. The van der Waals surface area contributed by atoms with E-state index in [9.17, 15) is 9.18 Å². The molecular weight excluding hydrogens is 295 g/mol. The average Bonchev–Trinajstić information content (AvgIpc) is 2.80. The summed E-state index contributed by atoms with van der Waals surface area (Å²) in [7, 11) is 0. The molecule has 0 radical (unpaired) electrons. The number of imidazole rings is 1. The van der Waals surface area contributed by atoms with Crippen LogP contribution in [0.2, 0.25) is 0 Å². The van der Waals surface area contributed by atoms with Gasteiger partial charge in [0.1, 0.15) is 11.6 Å². The number of pyridine rings is 1. The van der Waals surface area contributed by atoms with Gasteiger partial charge in [-0.25, -0.2) is 9.37 Å². The van der Waals surface area contributed by atoms with Crippen LogP contribution in [0, 0.1) is 23.1 Å². The predicted molar refractivity (Wildman–Crippen MR) is 84.3 cm³/mol. The zero-order valence-electron chi connectivity index (χ0n) is 13.6. The van der Waals surface area contributed by atoms with Crippen molar-refractivity contribution in [2.45, 2.75) is 26.3 Å². The third-order valence-electron chi connectivity index (χ3n) is 5.49. The Labute approximate surface area is 134 Å². The number of nitrogens with one attached hydrogen (secondary N) is 2.